The molecule has 0 saturated carbocycles. The molecule has 5 heteroatoms. The molecule has 0 bridgehead atoms. The lowest BCUT2D eigenvalue weighted by atomic mass is 9.82. The van der Waals surface area contributed by atoms with Gasteiger partial charge in [0.15, 0.2) is 5.82 Å². The first-order valence-corrected chi connectivity index (χ1v) is 16.6. The molecule has 0 spiro atoms. The molecule has 0 unspecified atom stereocenters. The monoisotopic (exact) mass is 615 g/mol. The molecule has 4 aromatic heterocycles. The number of pyridine rings is 3. The second-order valence-corrected chi connectivity index (χ2v) is 12.7. The molecular formula is C43H29N5. The van der Waals surface area contributed by atoms with Gasteiger partial charge in [-0.05, 0) is 94.4 Å². The van der Waals surface area contributed by atoms with E-state index in [0.717, 1.165) is 81.1 Å². The molecule has 5 nitrogen and oxygen atoms in total. The maximum Gasteiger partial charge on any atom is 0.159 e. The molecule has 0 amide bonds. The van der Waals surface area contributed by atoms with Crippen LogP contribution in [0, 0.1) is 0 Å². The number of nitrogens with zero attached hydrogens (tertiary/aromatic N) is 5. The number of fused-ring (bicyclic) bond motifs is 11. The predicted octanol–water partition coefficient (Wildman–Crippen LogP) is 10.2. The van der Waals surface area contributed by atoms with Crippen molar-refractivity contribution in [2.24, 2.45) is 0 Å². The molecule has 2 aliphatic carbocycles. The fourth-order valence-corrected chi connectivity index (χ4v) is 7.81. The van der Waals surface area contributed by atoms with E-state index in [4.69, 9.17) is 15.0 Å². The normalized spacial score (nSPS) is 13.8. The van der Waals surface area contributed by atoms with Gasteiger partial charge < -0.3 is 0 Å². The van der Waals surface area contributed by atoms with Crippen molar-refractivity contribution < 1.29 is 0 Å². The summed E-state index contributed by atoms with van der Waals surface area (Å²) < 4.78 is 0. The maximum absolute atomic E-state index is 5.40. The van der Waals surface area contributed by atoms with Crippen molar-refractivity contribution in [1.29, 1.82) is 0 Å². The average Bonchev–Trinajstić information content (AvgIpc) is 3.17. The maximum atomic E-state index is 5.40. The van der Waals surface area contributed by atoms with Crippen LogP contribution in [0.2, 0.25) is 0 Å². The van der Waals surface area contributed by atoms with Crippen LogP contribution in [0.25, 0.3) is 89.3 Å². The summed E-state index contributed by atoms with van der Waals surface area (Å²) in [5, 5.41) is 7.29. The molecule has 0 saturated heterocycles. The summed E-state index contributed by atoms with van der Waals surface area (Å²) in [5.74, 6) is 0.681. The summed E-state index contributed by atoms with van der Waals surface area (Å²) in [7, 11) is 0. The number of hydrogen-bond acceptors (Lipinski definition) is 5. The van der Waals surface area contributed by atoms with Gasteiger partial charge in [-0.15, -0.1) is 0 Å². The first kappa shape index (κ1) is 27.1. The molecule has 2 aliphatic rings. The Morgan fingerprint density at radius 2 is 1.29 bits per heavy atom. The van der Waals surface area contributed by atoms with Gasteiger partial charge in [0.25, 0.3) is 0 Å². The highest BCUT2D eigenvalue weighted by atomic mass is 14.9. The van der Waals surface area contributed by atoms with Gasteiger partial charge in [0.05, 0.1) is 22.4 Å². The van der Waals surface area contributed by atoms with Gasteiger partial charge in [-0.3, -0.25) is 9.97 Å². The molecule has 4 aromatic carbocycles. The smallest absolute Gasteiger partial charge is 0.159 e. The van der Waals surface area contributed by atoms with Crippen LogP contribution in [0.4, 0.5) is 0 Å². The van der Waals surface area contributed by atoms with Gasteiger partial charge in [0.2, 0.25) is 0 Å². The van der Waals surface area contributed by atoms with Crippen LogP contribution in [0.5, 0.6) is 0 Å². The second-order valence-electron chi connectivity index (χ2n) is 12.7. The number of aryl methyl sites for hydroxylation is 2. The third-order valence-corrected chi connectivity index (χ3v) is 9.94. The Balaban J connectivity index is 1.14. The van der Waals surface area contributed by atoms with Crippen LogP contribution in [-0.4, -0.2) is 24.9 Å². The first-order chi connectivity index (χ1) is 23.8. The average molecular weight is 616 g/mol. The Morgan fingerprint density at radius 3 is 2.19 bits per heavy atom. The van der Waals surface area contributed by atoms with E-state index in [1.54, 1.807) is 0 Å². The van der Waals surface area contributed by atoms with Crippen LogP contribution >= 0.6 is 0 Å². The summed E-state index contributed by atoms with van der Waals surface area (Å²) >= 11 is 0. The van der Waals surface area contributed by atoms with Gasteiger partial charge in [-0.25, -0.2) is 15.0 Å². The van der Waals surface area contributed by atoms with Gasteiger partial charge in [0.1, 0.15) is 0 Å². The van der Waals surface area contributed by atoms with Crippen molar-refractivity contribution >= 4 is 55.5 Å². The van der Waals surface area contributed by atoms with Crippen LogP contribution in [0.3, 0.4) is 0 Å². The summed E-state index contributed by atoms with van der Waals surface area (Å²) in [6, 6.07) is 27.6. The van der Waals surface area contributed by atoms with Crippen LogP contribution in [0.1, 0.15) is 35.2 Å². The fourth-order valence-electron chi connectivity index (χ4n) is 7.81. The summed E-state index contributed by atoms with van der Waals surface area (Å²) in [6.45, 7) is 0. The molecule has 0 N–H and O–H groups in total. The van der Waals surface area contributed by atoms with Gasteiger partial charge in [0, 0.05) is 57.6 Å². The molecule has 0 radical (unpaired) electrons. The number of rotatable bonds is 3. The van der Waals surface area contributed by atoms with E-state index in [1.807, 2.05) is 36.9 Å². The highest BCUT2D eigenvalue weighted by Gasteiger charge is 2.24. The van der Waals surface area contributed by atoms with E-state index in [2.05, 4.69) is 101 Å². The van der Waals surface area contributed by atoms with E-state index in [1.165, 1.54) is 38.2 Å². The molecule has 0 aliphatic heterocycles. The van der Waals surface area contributed by atoms with E-state index in [-0.39, 0.29) is 0 Å². The Labute approximate surface area is 277 Å². The largest absolute Gasteiger partial charge is 0.254 e. The van der Waals surface area contributed by atoms with Gasteiger partial charge in [-0.2, -0.15) is 0 Å². The third kappa shape index (κ3) is 4.14. The van der Waals surface area contributed by atoms with E-state index in [9.17, 15) is 0 Å². The summed E-state index contributed by atoms with van der Waals surface area (Å²) in [4.78, 5) is 24.5. The highest BCUT2D eigenvalue weighted by molar-refractivity contribution is 6.19. The lowest BCUT2D eigenvalue weighted by Crippen LogP contribution is -2.07. The fraction of sp³-hybridized carbons (Fsp3) is 0.0930. The zero-order valence-electron chi connectivity index (χ0n) is 26.2. The zero-order chi connectivity index (χ0) is 31.6. The van der Waals surface area contributed by atoms with E-state index >= 15 is 0 Å². The Bertz CT molecular complexity index is 2670. The summed E-state index contributed by atoms with van der Waals surface area (Å²) in [5.41, 5.74) is 12.1. The van der Waals surface area contributed by atoms with Crippen molar-refractivity contribution in [3.05, 3.63) is 138 Å². The third-order valence-electron chi connectivity index (χ3n) is 9.94. The van der Waals surface area contributed by atoms with Crippen molar-refractivity contribution in [1.82, 2.24) is 24.9 Å². The second kappa shape index (κ2) is 10.7. The van der Waals surface area contributed by atoms with Crippen molar-refractivity contribution in [2.75, 3.05) is 0 Å². The molecule has 226 valence electrons. The highest BCUT2D eigenvalue weighted by Crippen LogP contribution is 2.44. The van der Waals surface area contributed by atoms with Gasteiger partial charge >= 0.3 is 0 Å². The lowest BCUT2D eigenvalue weighted by molar-refractivity contribution is 0.962. The molecule has 48 heavy (non-hydrogen) atoms. The number of allylic oxidation sites excluding steroid dienone is 2. The Hall–Kier alpha value is -6.07. The van der Waals surface area contributed by atoms with Gasteiger partial charge in [-0.1, -0.05) is 72.8 Å². The molecule has 10 rings (SSSR count). The van der Waals surface area contributed by atoms with E-state index < -0.39 is 0 Å². The van der Waals surface area contributed by atoms with Crippen molar-refractivity contribution in [3.8, 4) is 33.8 Å². The number of hydrogen-bond donors (Lipinski definition) is 0. The topological polar surface area (TPSA) is 64.5 Å². The predicted molar refractivity (Wildman–Crippen MR) is 196 cm³/mol. The molecule has 4 heterocycles. The zero-order valence-corrected chi connectivity index (χ0v) is 26.2. The van der Waals surface area contributed by atoms with Crippen LogP contribution in [-0.2, 0) is 12.8 Å². The Morgan fingerprint density at radius 1 is 0.542 bits per heavy atom. The van der Waals surface area contributed by atoms with E-state index in [0.29, 0.717) is 5.82 Å². The SMILES string of the molecule is C1=Cc2nc(-c3cccc(-c4ncc(-c5cc6cccnc6c6ncccc56)cn4)c3)c3c(c2CC1)c1c(c2ccccc23)C=CCC1. The van der Waals surface area contributed by atoms with Crippen LogP contribution < -0.4 is 0 Å². The van der Waals surface area contributed by atoms with Crippen molar-refractivity contribution in [2.45, 2.75) is 25.7 Å². The minimum absolute atomic E-state index is 0.681. The first-order valence-electron chi connectivity index (χ1n) is 16.6. The van der Waals surface area contributed by atoms with Crippen molar-refractivity contribution in [3.63, 3.8) is 0 Å². The lowest BCUT2D eigenvalue weighted by Gasteiger charge is -2.24. The molecular weight excluding hydrogens is 587 g/mol. The van der Waals surface area contributed by atoms with Crippen LogP contribution in [0.15, 0.2) is 116 Å². The standard InChI is InChI=1S/C43H29N5/c1-3-15-32-30(13-1)31-14-2-4-16-33(31)39-38(32)35-17-5-6-19-37(35)48-40(39)26-10-7-11-28(22-26)43-46-24-29(25-47-43)36-23-27-12-8-20-44-41(27)42-34(36)18-9-21-45-42/h1-2,4,6-14,16,18-25H,3,5,15,17H2. The minimum Gasteiger partial charge on any atom is -0.254 e. The number of aromatic nitrogens is 5. The Kier molecular flexibility index (Phi) is 6.06. The quantitative estimate of drug-likeness (QED) is 0.185. The molecule has 0 atom stereocenters. The molecule has 8 aromatic rings. The molecule has 0 fully saturated rings. The number of benzene rings is 4. The summed E-state index contributed by atoms with van der Waals surface area (Å²) in [6.07, 6.45) is 20.8. The minimum atomic E-state index is 0.681.